The summed E-state index contributed by atoms with van der Waals surface area (Å²) in [4.78, 5) is 12.8. The fraction of sp³-hybridized carbons (Fsp3) is 0.476. The van der Waals surface area contributed by atoms with Crippen LogP contribution in [0.1, 0.15) is 67.3 Å². The zero-order chi connectivity index (χ0) is 18.5. The van der Waals surface area contributed by atoms with E-state index in [9.17, 15) is 4.79 Å². The molecule has 1 saturated carbocycles. The number of ether oxygens (including phenoxy) is 2. The lowest BCUT2D eigenvalue weighted by Crippen LogP contribution is -2.34. The summed E-state index contributed by atoms with van der Waals surface area (Å²) in [7, 11) is 0. The molecule has 138 valence electrons. The molecule has 0 unspecified atom stereocenters. The molecule has 5 heteroatoms. The van der Waals surface area contributed by atoms with Gasteiger partial charge < -0.3 is 19.4 Å². The molecular weight excluding hydrogens is 328 g/mol. The monoisotopic (exact) mass is 354 g/mol. The molecule has 0 saturated heterocycles. The van der Waals surface area contributed by atoms with Gasteiger partial charge in [0.1, 0.15) is 0 Å². The van der Waals surface area contributed by atoms with Crippen LogP contribution in [0.5, 0.6) is 11.5 Å². The van der Waals surface area contributed by atoms with Crippen LogP contribution >= 0.6 is 0 Å². The van der Waals surface area contributed by atoms with Gasteiger partial charge in [-0.15, -0.1) is 0 Å². The van der Waals surface area contributed by atoms with E-state index in [1.54, 1.807) is 0 Å². The third-order valence-corrected chi connectivity index (χ3v) is 5.40. The molecule has 2 aromatic rings. The molecule has 0 atom stereocenters. The third-order valence-electron chi connectivity index (χ3n) is 5.40. The summed E-state index contributed by atoms with van der Waals surface area (Å²) in [6.07, 6.45) is 4.10. The number of hydrogen-bond donors (Lipinski definition) is 1. The van der Waals surface area contributed by atoms with Crippen LogP contribution in [0.15, 0.2) is 24.3 Å². The number of hydrogen-bond acceptors (Lipinski definition) is 3. The minimum Gasteiger partial charge on any atom is -0.448 e. The number of fused-ring (bicyclic) bond motifs is 1. The SMILES string of the molecule is Cc1cc(C(=O)Nc2ccc3c(c2)OC2(CCCC2)O3)c(C)n1C(C)C. The first-order chi connectivity index (χ1) is 12.4. The van der Waals surface area contributed by atoms with Crippen LogP contribution in [-0.4, -0.2) is 16.3 Å². The number of anilines is 1. The number of aromatic nitrogens is 1. The molecule has 1 amide bonds. The summed E-state index contributed by atoms with van der Waals surface area (Å²) in [5.41, 5.74) is 3.51. The number of nitrogens with one attached hydrogen (secondary N) is 1. The molecule has 0 bridgehead atoms. The fourth-order valence-electron chi connectivity index (χ4n) is 4.29. The van der Waals surface area contributed by atoms with Crippen molar-refractivity contribution in [1.82, 2.24) is 4.57 Å². The number of carbonyl (C=O) groups is 1. The van der Waals surface area contributed by atoms with Crippen molar-refractivity contribution in [3.8, 4) is 11.5 Å². The van der Waals surface area contributed by atoms with E-state index in [0.717, 1.165) is 54.3 Å². The predicted octanol–water partition coefficient (Wildman–Crippen LogP) is 4.98. The molecule has 1 spiro atoms. The molecule has 1 fully saturated rings. The number of carbonyl (C=O) groups excluding carboxylic acids is 1. The highest BCUT2D eigenvalue weighted by atomic mass is 16.7. The molecule has 2 heterocycles. The second-order valence-corrected chi connectivity index (χ2v) is 7.69. The minimum absolute atomic E-state index is 0.0977. The van der Waals surface area contributed by atoms with Gasteiger partial charge in [0, 0.05) is 42.0 Å². The minimum atomic E-state index is -0.479. The van der Waals surface area contributed by atoms with Crippen molar-refractivity contribution in [1.29, 1.82) is 0 Å². The number of benzene rings is 1. The maximum absolute atomic E-state index is 12.8. The van der Waals surface area contributed by atoms with Gasteiger partial charge in [0.25, 0.3) is 11.7 Å². The Morgan fingerprint density at radius 2 is 1.81 bits per heavy atom. The smallest absolute Gasteiger partial charge is 0.257 e. The second-order valence-electron chi connectivity index (χ2n) is 7.69. The van der Waals surface area contributed by atoms with Gasteiger partial charge in [0.15, 0.2) is 11.5 Å². The highest BCUT2D eigenvalue weighted by molar-refractivity contribution is 6.05. The quantitative estimate of drug-likeness (QED) is 0.846. The van der Waals surface area contributed by atoms with E-state index >= 15 is 0 Å². The van der Waals surface area contributed by atoms with Crippen LogP contribution < -0.4 is 14.8 Å². The van der Waals surface area contributed by atoms with E-state index in [2.05, 4.69) is 23.7 Å². The van der Waals surface area contributed by atoms with Crippen molar-refractivity contribution in [2.24, 2.45) is 0 Å². The van der Waals surface area contributed by atoms with Gasteiger partial charge in [-0.05, 0) is 58.7 Å². The third kappa shape index (κ3) is 2.75. The van der Waals surface area contributed by atoms with Crippen LogP contribution in [0.25, 0.3) is 0 Å². The van der Waals surface area contributed by atoms with Crippen molar-refractivity contribution in [2.75, 3.05) is 5.32 Å². The standard InChI is InChI=1S/C21H26N2O3/c1-13(2)23-14(3)11-17(15(23)4)20(24)22-16-7-8-18-19(12-16)26-21(25-18)9-5-6-10-21/h7-8,11-13H,5-6,9-10H2,1-4H3,(H,22,24). The van der Waals surface area contributed by atoms with Crippen molar-refractivity contribution >= 4 is 11.6 Å². The average Bonchev–Trinajstić information content (AvgIpc) is 3.25. The first-order valence-electron chi connectivity index (χ1n) is 9.40. The van der Waals surface area contributed by atoms with Crippen molar-refractivity contribution < 1.29 is 14.3 Å². The van der Waals surface area contributed by atoms with Crippen LogP contribution in [0.3, 0.4) is 0 Å². The van der Waals surface area contributed by atoms with Gasteiger partial charge in [-0.3, -0.25) is 4.79 Å². The number of amides is 1. The maximum Gasteiger partial charge on any atom is 0.257 e. The van der Waals surface area contributed by atoms with Gasteiger partial charge in [-0.1, -0.05) is 0 Å². The molecule has 2 aliphatic rings. The summed E-state index contributed by atoms with van der Waals surface area (Å²) < 4.78 is 14.3. The van der Waals surface area contributed by atoms with Gasteiger partial charge in [-0.2, -0.15) is 0 Å². The molecule has 0 radical (unpaired) electrons. The Kier molecular flexibility index (Phi) is 3.98. The van der Waals surface area contributed by atoms with E-state index in [-0.39, 0.29) is 5.91 Å². The Bertz CT molecular complexity index is 860. The second kappa shape index (κ2) is 6.08. The zero-order valence-electron chi connectivity index (χ0n) is 15.9. The Morgan fingerprint density at radius 1 is 1.12 bits per heavy atom. The molecule has 1 aromatic carbocycles. The van der Waals surface area contributed by atoms with E-state index in [1.165, 1.54) is 0 Å². The summed E-state index contributed by atoms with van der Waals surface area (Å²) in [6.45, 7) is 8.27. The van der Waals surface area contributed by atoms with E-state index in [4.69, 9.17) is 9.47 Å². The van der Waals surface area contributed by atoms with Crippen molar-refractivity contribution in [3.63, 3.8) is 0 Å². The van der Waals surface area contributed by atoms with Gasteiger partial charge in [0.2, 0.25) is 0 Å². The molecular formula is C21H26N2O3. The Hall–Kier alpha value is -2.43. The largest absolute Gasteiger partial charge is 0.448 e. The molecule has 26 heavy (non-hydrogen) atoms. The van der Waals surface area contributed by atoms with Gasteiger partial charge in [0.05, 0.1) is 5.56 Å². The van der Waals surface area contributed by atoms with E-state index in [1.807, 2.05) is 38.1 Å². The highest BCUT2D eigenvalue weighted by Gasteiger charge is 2.44. The fourth-order valence-corrected chi connectivity index (χ4v) is 4.29. The van der Waals surface area contributed by atoms with Crippen LogP contribution in [0, 0.1) is 13.8 Å². The molecule has 1 aromatic heterocycles. The molecule has 1 aliphatic heterocycles. The van der Waals surface area contributed by atoms with Gasteiger partial charge >= 0.3 is 0 Å². The topological polar surface area (TPSA) is 52.5 Å². The molecule has 1 aliphatic carbocycles. The zero-order valence-corrected chi connectivity index (χ0v) is 15.9. The first kappa shape index (κ1) is 17.0. The van der Waals surface area contributed by atoms with Gasteiger partial charge in [-0.25, -0.2) is 0 Å². The van der Waals surface area contributed by atoms with Crippen molar-refractivity contribution in [2.45, 2.75) is 65.2 Å². The summed E-state index contributed by atoms with van der Waals surface area (Å²) >= 11 is 0. The molecule has 1 N–H and O–H groups in total. The van der Waals surface area contributed by atoms with Crippen LogP contribution in [0.4, 0.5) is 5.69 Å². The lowest BCUT2D eigenvalue weighted by molar-refractivity contribution is -0.0716. The Morgan fingerprint density at radius 3 is 2.46 bits per heavy atom. The van der Waals surface area contributed by atoms with E-state index < -0.39 is 5.79 Å². The Labute approximate surface area is 154 Å². The highest BCUT2D eigenvalue weighted by Crippen LogP contribution is 2.47. The summed E-state index contributed by atoms with van der Waals surface area (Å²) in [5.74, 6) is 0.910. The van der Waals surface area contributed by atoms with Crippen LogP contribution in [-0.2, 0) is 0 Å². The first-order valence-corrected chi connectivity index (χ1v) is 9.40. The predicted molar refractivity (Wildman–Crippen MR) is 101 cm³/mol. The number of nitrogens with zero attached hydrogens (tertiary/aromatic N) is 1. The number of aryl methyl sites for hydroxylation is 1. The molecule has 5 nitrogen and oxygen atoms in total. The lowest BCUT2D eigenvalue weighted by atomic mass is 10.2. The average molecular weight is 354 g/mol. The molecule has 4 rings (SSSR count). The summed E-state index contributed by atoms with van der Waals surface area (Å²) in [6, 6.07) is 7.89. The van der Waals surface area contributed by atoms with Crippen molar-refractivity contribution in [3.05, 3.63) is 41.2 Å². The van der Waals surface area contributed by atoms with E-state index in [0.29, 0.717) is 11.6 Å². The lowest BCUT2D eigenvalue weighted by Gasteiger charge is -2.21. The summed E-state index contributed by atoms with van der Waals surface area (Å²) in [5, 5.41) is 3.00. The number of rotatable bonds is 3. The normalized spacial score (nSPS) is 17.3. The Balaban J connectivity index is 1.54. The van der Waals surface area contributed by atoms with Crippen LogP contribution in [0.2, 0.25) is 0 Å². The maximum atomic E-state index is 12.8.